The van der Waals surface area contributed by atoms with Crippen LogP contribution in [0.5, 0.6) is 0 Å². The van der Waals surface area contributed by atoms with Crippen molar-refractivity contribution in [3.63, 3.8) is 0 Å². The second-order valence-electron chi connectivity index (χ2n) is 4.10. The molecule has 0 atom stereocenters. The summed E-state index contributed by atoms with van der Waals surface area (Å²) < 4.78 is 13.5. The minimum absolute atomic E-state index is 0.319. The van der Waals surface area contributed by atoms with Gasteiger partial charge in [0.2, 0.25) is 0 Å². The third kappa shape index (κ3) is 3.29. The number of hydrogen-bond donors (Lipinski definition) is 1. The third-order valence-corrected chi connectivity index (χ3v) is 4.67. The fourth-order valence-electron chi connectivity index (χ4n) is 1.67. The Balaban J connectivity index is 1.75. The standard InChI is InChI=1S/C14H8ClFN2OS2/c15-12-6-5-11(21-12)10-7-20-14(17-10)18-13(19)8-1-3-9(16)4-2-8/h1-7H,(H,17,18,19). The molecule has 2 heterocycles. The van der Waals surface area contributed by atoms with E-state index in [1.165, 1.54) is 46.9 Å². The highest BCUT2D eigenvalue weighted by Crippen LogP contribution is 2.32. The van der Waals surface area contributed by atoms with Gasteiger partial charge in [-0.3, -0.25) is 10.1 Å². The summed E-state index contributed by atoms with van der Waals surface area (Å²) in [4.78, 5) is 17.3. The molecule has 0 aliphatic carbocycles. The normalized spacial score (nSPS) is 10.6. The van der Waals surface area contributed by atoms with E-state index in [2.05, 4.69) is 10.3 Å². The molecule has 2 aromatic heterocycles. The van der Waals surface area contributed by atoms with Gasteiger partial charge >= 0.3 is 0 Å². The zero-order valence-electron chi connectivity index (χ0n) is 10.5. The van der Waals surface area contributed by atoms with Crippen LogP contribution >= 0.6 is 34.3 Å². The number of halogens is 2. The number of amides is 1. The Morgan fingerprint density at radius 1 is 1.19 bits per heavy atom. The number of carbonyl (C=O) groups excluding carboxylic acids is 1. The van der Waals surface area contributed by atoms with Crippen LogP contribution < -0.4 is 5.32 Å². The predicted molar refractivity (Wildman–Crippen MR) is 84.8 cm³/mol. The summed E-state index contributed by atoms with van der Waals surface area (Å²) in [6, 6.07) is 9.04. The molecule has 0 aliphatic rings. The largest absolute Gasteiger partial charge is 0.298 e. The first kappa shape index (κ1) is 14.2. The highest BCUT2D eigenvalue weighted by atomic mass is 35.5. The Hall–Kier alpha value is -1.76. The molecule has 7 heteroatoms. The third-order valence-electron chi connectivity index (χ3n) is 2.66. The maximum atomic E-state index is 12.8. The monoisotopic (exact) mass is 338 g/mol. The van der Waals surface area contributed by atoms with Crippen LogP contribution in [0.2, 0.25) is 4.34 Å². The van der Waals surface area contributed by atoms with E-state index in [0.29, 0.717) is 15.0 Å². The van der Waals surface area contributed by atoms with Crippen LogP contribution in [0, 0.1) is 5.82 Å². The lowest BCUT2D eigenvalue weighted by Gasteiger charge is -2.01. The van der Waals surface area contributed by atoms with Gasteiger partial charge < -0.3 is 0 Å². The Bertz CT molecular complexity index is 782. The Morgan fingerprint density at radius 3 is 2.62 bits per heavy atom. The molecule has 3 rings (SSSR count). The zero-order valence-corrected chi connectivity index (χ0v) is 12.9. The fourth-order valence-corrected chi connectivity index (χ4v) is 3.45. The van der Waals surface area contributed by atoms with Crippen LogP contribution in [0.4, 0.5) is 9.52 Å². The Kier molecular flexibility index (Phi) is 4.01. The van der Waals surface area contributed by atoms with E-state index < -0.39 is 0 Å². The average molecular weight is 339 g/mol. The highest BCUT2D eigenvalue weighted by molar-refractivity contribution is 7.20. The van der Waals surface area contributed by atoms with Crippen LogP contribution in [-0.4, -0.2) is 10.9 Å². The van der Waals surface area contributed by atoms with Crippen molar-refractivity contribution >= 4 is 45.3 Å². The number of nitrogens with zero attached hydrogens (tertiary/aromatic N) is 1. The van der Waals surface area contributed by atoms with E-state index in [9.17, 15) is 9.18 Å². The molecule has 1 aromatic carbocycles. The molecular weight excluding hydrogens is 331 g/mol. The van der Waals surface area contributed by atoms with E-state index in [1.54, 1.807) is 6.07 Å². The van der Waals surface area contributed by atoms with Gasteiger partial charge in [0, 0.05) is 10.9 Å². The molecule has 0 unspecified atom stereocenters. The molecule has 0 aliphatic heterocycles. The summed E-state index contributed by atoms with van der Waals surface area (Å²) in [7, 11) is 0. The van der Waals surface area contributed by atoms with Crippen molar-refractivity contribution in [2.45, 2.75) is 0 Å². The number of benzene rings is 1. The van der Waals surface area contributed by atoms with Crippen LogP contribution in [0.1, 0.15) is 10.4 Å². The van der Waals surface area contributed by atoms with Crippen molar-refractivity contribution < 1.29 is 9.18 Å². The minimum Gasteiger partial charge on any atom is -0.298 e. The molecule has 0 saturated heterocycles. The number of anilines is 1. The van der Waals surface area contributed by atoms with E-state index in [-0.39, 0.29) is 11.7 Å². The summed E-state index contributed by atoms with van der Waals surface area (Å²) >= 11 is 8.64. The van der Waals surface area contributed by atoms with Gasteiger partial charge in [0.1, 0.15) is 5.82 Å². The topological polar surface area (TPSA) is 42.0 Å². The Labute approximate surface area is 133 Å². The number of hydrogen-bond acceptors (Lipinski definition) is 4. The molecular formula is C14H8ClFN2OS2. The lowest BCUT2D eigenvalue weighted by Crippen LogP contribution is -2.11. The molecule has 0 radical (unpaired) electrons. The van der Waals surface area contributed by atoms with Crippen LogP contribution in [0.15, 0.2) is 41.8 Å². The number of rotatable bonds is 3. The van der Waals surface area contributed by atoms with Gasteiger partial charge in [-0.05, 0) is 36.4 Å². The number of nitrogens with one attached hydrogen (secondary N) is 1. The predicted octanol–water partition coefficient (Wildman–Crippen LogP) is 4.92. The van der Waals surface area contributed by atoms with Crippen molar-refractivity contribution in [3.05, 3.63) is 57.5 Å². The van der Waals surface area contributed by atoms with E-state index >= 15 is 0 Å². The van der Waals surface area contributed by atoms with Gasteiger partial charge in [-0.1, -0.05) is 11.6 Å². The second-order valence-corrected chi connectivity index (χ2v) is 6.68. The van der Waals surface area contributed by atoms with Gasteiger partial charge in [0.15, 0.2) is 5.13 Å². The van der Waals surface area contributed by atoms with Crippen LogP contribution in [0.25, 0.3) is 10.6 Å². The maximum absolute atomic E-state index is 12.8. The number of thiazole rings is 1. The average Bonchev–Trinajstić information content (AvgIpc) is 3.08. The first-order valence-electron chi connectivity index (χ1n) is 5.90. The molecule has 0 spiro atoms. The molecule has 3 aromatic rings. The first-order valence-corrected chi connectivity index (χ1v) is 7.97. The fraction of sp³-hybridized carbons (Fsp3) is 0. The number of thiophene rings is 1. The summed E-state index contributed by atoms with van der Waals surface area (Å²) in [6.45, 7) is 0. The van der Waals surface area contributed by atoms with Crippen molar-refractivity contribution in [2.75, 3.05) is 5.32 Å². The summed E-state index contributed by atoms with van der Waals surface area (Å²) in [5, 5.41) is 5.03. The van der Waals surface area contributed by atoms with Crippen LogP contribution in [-0.2, 0) is 0 Å². The van der Waals surface area contributed by atoms with Gasteiger partial charge in [-0.25, -0.2) is 9.37 Å². The van der Waals surface area contributed by atoms with Gasteiger partial charge in [0.25, 0.3) is 5.91 Å². The lowest BCUT2D eigenvalue weighted by atomic mass is 10.2. The summed E-state index contributed by atoms with van der Waals surface area (Å²) in [6.07, 6.45) is 0. The van der Waals surface area contributed by atoms with Crippen molar-refractivity contribution in [2.24, 2.45) is 0 Å². The van der Waals surface area contributed by atoms with E-state index in [0.717, 1.165) is 10.6 Å². The van der Waals surface area contributed by atoms with Crippen molar-refractivity contribution in [1.82, 2.24) is 4.98 Å². The zero-order chi connectivity index (χ0) is 14.8. The lowest BCUT2D eigenvalue weighted by molar-refractivity contribution is 0.102. The van der Waals surface area contributed by atoms with Gasteiger partial charge in [0.05, 0.1) is 14.9 Å². The summed E-state index contributed by atoms with van der Waals surface area (Å²) in [5.74, 6) is -0.697. The molecule has 3 nitrogen and oxygen atoms in total. The minimum atomic E-state index is -0.377. The van der Waals surface area contributed by atoms with E-state index in [4.69, 9.17) is 11.6 Å². The van der Waals surface area contributed by atoms with Crippen molar-refractivity contribution in [3.8, 4) is 10.6 Å². The summed E-state index contributed by atoms with van der Waals surface area (Å²) in [5.41, 5.74) is 1.15. The van der Waals surface area contributed by atoms with E-state index in [1.807, 2.05) is 11.4 Å². The van der Waals surface area contributed by atoms with Gasteiger partial charge in [-0.15, -0.1) is 22.7 Å². The Morgan fingerprint density at radius 2 is 1.95 bits per heavy atom. The van der Waals surface area contributed by atoms with Crippen LogP contribution in [0.3, 0.4) is 0 Å². The molecule has 0 saturated carbocycles. The van der Waals surface area contributed by atoms with Crippen molar-refractivity contribution in [1.29, 1.82) is 0 Å². The van der Waals surface area contributed by atoms with Gasteiger partial charge in [-0.2, -0.15) is 0 Å². The number of aromatic nitrogens is 1. The molecule has 1 N–H and O–H groups in total. The second kappa shape index (κ2) is 5.93. The molecule has 0 bridgehead atoms. The first-order chi connectivity index (χ1) is 10.1. The highest BCUT2D eigenvalue weighted by Gasteiger charge is 2.11. The smallest absolute Gasteiger partial charge is 0.257 e. The SMILES string of the molecule is O=C(Nc1nc(-c2ccc(Cl)s2)cs1)c1ccc(F)cc1. The quantitative estimate of drug-likeness (QED) is 0.736. The molecule has 1 amide bonds. The number of carbonyl (C=O) groups is 1. The maximum Gasteiger partial charge on any atom is 0.257 e. The molecule has 0 fully saturated rings. The molecule has 21 heavy (non-hydrogen) atoms. The molecule has 106 valence electrons.